The third-order valence-corrected chi connectivity index (χ3v) is 8.13. The lowest BCUT2D eigenvalue weighted by atomic mass is 9.90. The lowest BCUT2D eigenvalue weighted by Gasteiger charge is -2.22. The van der Waals surface area contributed by atoms with Crippen LogP contribution in [0.3, 0.4) is 0 Å². The molecule has 2 unspecified atom stereocenters. The second-order valence-electron chi connectivity index (χ2n) is 8.60. The fourth-order valence-corrected chi connectivity index (χ4v) is 5.97. The number of carbonyl (C=O) groups excluding carboxylic acids is 1. The van der Waals surface area contributed by atoms with E-state index in [2.05, 4.69) is 15.7 Å². The van der Waals surface area contributed by atoms with Crippen LogP contribution in [0.25, 0.3) is 0 Å². The molecule has 2 atom stereocenters. The summed E-state index contributed by atoms with van der Waals surface area (Å²) in [5.41, 5.74) is 1.73. The monoisotopic (exact) mass is 450 g/mol. The number of thioether (sulfide) groups is 1. The van der Waals surface area contributed by atoms with Gasteiger partial charge in [0.15, 0.2) is 0 Å². The Hall–Kier alpha value is -1.86. The van der Waals surface area contributed by atoms with Crippen LogP contribution in [-0.2, 0) is 9.92 Å². The Kier molecular flexibility index (Phi) is 7.41. The molecule has 1 aromatic carbocycles. The minimum Gasteiger partial charge on any atom is -0.390 e. The number of hydrogen-bond donors (Lipinski definition) is 3. The van der Waals surface area contributed by atoms with E-state index < -0.39 is 21.5 Å². The van der Waals surface area contributed by atoms with Gasteiger partial charge in [0.2, 0.25) is 0 Å². The summed E-state index contributed by atoms with van der Waals surface area (Å²) >= 11 is 1.24. The van der Waals surface area contributed by atoms with Crippen LogP contribution in [0.2, 0.25) is 0 Å². The molecule has 0 aliphatic carbocycles. The first-order valence-corrected chi connectivity index (χ1v) is 12.3. The van der Waals surface area contributed by atoms with Gasteiger partial charge >= 0.3 is 6.03 Å². The summed E-state index contributed by atoms with van der Waals surface area (Å²) < 4.78 is 17.0. The smallest absolute Gasteiger partial charge is 0.354 e. The number of nitrogens with two attached hydrogens (primary N) is 1. The maximum Gasteiger partial charge on any atom is 0.354 e. The molecule has 164 valence electrons. The molecule has 0 bridgehead atoms. The van der Waals surface area contributed by atoms with Gasteiger partial charge in [-0.25, -0.2) is 14.1 Å². The molecule has 0 saturated carbocycles. The number of hydrogen-bond acceptors (Lipinski definition) is 5. The van der Waals surface area contributed by atoms with Crippen molar-refractivity contribution in [1.82, 2.24) is 0 Å². The van der Waals surface area contributed by atoms with Gasteiger partial charge in [0.05, 0.1) is 21.5 Å². The van der Waals surface area contributed by atoms with Crippen LogP contribution in [0.15, 0.2) is 26.8 Å². The minimum atomic E-state index is -3.43. The number of nitrogens with one attached hydrogen (secondary N) is 1. The van der Waals surface area contributed by atoms with Crippen molar-refractivity contribution in [2.75, 3.05) is 11.1 Å². The van der Waals surface area contributed by atoms with E-state index in [1.54, 1.807) is 32.1 Å². The summed E-state index contributed by atoms with van der Waals surface area (Å²) in [6.07, 6.45) is 1.64. The zero-order chi connectivity index (χ0) is 22.9. The lowest BCUT2D eigenvalue weighted by molar-refractivity contribution is 0.0466. The van der Waals surface area contributed by atoms with Crippen molar-refractivity contribution in [2.24, 2.45) is 15.4 Å². The van der Waals surface area contributed by atoms with Crippen LogP contribution in [0, 0.1) is 17.2 Å². The highest BCUT2D eigenvalue weighted by molar-refractivity contribution is 8.19. The molecule has 9 heteroatoms. The Morgan fingerprint density at radius 1 is 1.33 bits per heavy atom. The predicted octanol–water partition coefficient (Wildman–Crippen LogP) is 4.65. The first-order valence-electron chi connectivity index (χ1n) is 9.77. The van der Waals surface area contributed by atoms with Crippen molar-refractivity contribution >= 4 is 33.4 Å². The molecule has 7 nitrogen and oxygen atoms in total. The van der Waals surface area contributed by atoms with Crippen molar-refractivity contribution < 1.29 is 14.1 Å². The molecule has 0 saturated heterocycles. The fourth-order valence-electron chi connectivity index (χ4n) is 3.13. The van der Waals surface area contributed by atoms with Crippen molar-refractivity contribution in [3.63, 3.8) is 0 Å². The minimum absolute atomic E-state index is 0.0500. The van der Waals surface area contributed by atoms with Gasteiger partial charge in [-0.2, -0.15) is 5.26 Å². The van der Waals surface area contributed by atoms with Crippen LogP contribution in [0.1, 0.15) is 70.1 Å². The van der Waals surface area contributed by atoms with E-state index in [1.807, 2.05) is 27.7 Å². The number of amides is 2. The second-order valence-corrected chi connectivity index (χ2v) is 11.7. The van der Waals surface area contributed by atoms with Crippen molar-refractivity contribution in [2.45, 2.75) is 59.0 Å². The van der Waals surface area contributed by atoms with Crippen molar-refractivity contribution in [3.05, 3.63) is 39.1 Å². The van der Waals surface area contributed by atoms with E-state index in [1.165, 1.54) is 11.8 Å². The molecule has 30 heavy (non-hydrogen) atoms. The average molecular weight is 451 g/mol. The number of urea groups is 1. The quantitative estimate of drug-likeness (QED) is 0.601. The molecule has 0 radical (unpaired) electrons. The molecule has 1 aromatic rings. The molecule has 0 fully saturated rings. The number of carbonyl (C=O) groups is 1. The van der Waals surface area contributed by atoms with Gasteiger partial charge in [-0.1, -0.05) is 33.8 Å². The molecule has 2 amide bonds. The maximum atomic E-state index is 12.9. The van der Waals surface area contributed by atoms with Gasteiger partial charge in [-0.05, 0) is 48.9 Å². The van der Waals surface area contributed by atoms with E-state index in [-0.39, 0.29) is 17.8 Å². The Morgan fingerprint density at radius 2 is 1.87 bits per heavy atom. The SMILES string of the molecule is CC(C)c1cc(C#N)cc(C(C)C)c1NC(=O)N=S(N)(=O)C1=CC(C(C)(C)O)CS1. The Bertz CT molecular complexity index is 995. The number of anilines is 1. The molecule has 1 aliphatic rings. The molecular formula is C21H30N4O3S2. The van der Waals surface area contributed by atoms with Crippen molar-refractivity contribution in [1.29, 1.82) is 5.26 Å². The zero-order valence-electron chi connectivity index (χ0n) is 18.2. The number of nitrogens with zero attached hydrogens (tertiary/aromatic N) is 2. The summed E-state index contributed by atoms with van der Waals surface area (Å²) in [7, 11) is -3.43. The largest absolute Gasteiger partial charge is 0.390 e. The molecular weight excluding hydrogens is 420 g/mol. The first-order chi connectivity index (χ1) is 13.8. The Labute approximate surface area is 183 Å². The van der Waals surface area contributed by atoms with Crippen LogP contribution in [-0.4, -0.2) is 26.7 Å². The number of aliphatic hydroxyl groups is 1. The van der Waals surface area contributed by atoms with E-state index in [9.17, 15) is 19.4 Å². The lowest BCUT2D eigenvalue weighted by Crippen LogP contribution is -2.29. The fraction of sp³-hybridized carbons (Fsp3) is 0.524. The summed E-state index contributed by atoms with van der Waals surface area (Å²) in [5, 5.41) is 28.2. The first kappa shape index (κ1) is 24.4. The van der Waals surface area contributed by atoms with Crippen LogP contribution < -0.4 is 10.5 Å². The molecule has 1 heterocycles. The molecule has 4 N–H and O–H groups in total. The standard InChI is InChI=1S/C21H30N4O3S2/c1-12(2)16-7-14(10-22)8-17(13(3)4)19(16)24-20(26)25-30(23,28)18-9-15(11-29-18)21(5,6)27/h7-9,12-13,15,27H,11H2,1-6H3,(H3,23,24,25,26,28). The molecule has 0 aromatic heterocycles. The molecule has 0 spiro atoms. The van der Waals surface area contributed by atoms with Crippen molar-refractivity contribution in [3.8, 4) is 6.07 Å². The Balaban J connectivity index is 2.43. The van der Waals surface area contributed by atoms with Crippen LogP contribution >= 0.6 is 11.8 Å². The third kappa shape index (κ3) is 5.64. The Morgan fingerprint density at radius 3 is 2.27 bits per heavy atom. The van der Waals surface area contributed by atoms with E-state index >= 15 is 0 Å². The summed E-state index contributed by atoms with van der Waals surface area (Å²) in [4.78, 5) is 12.7. The highest BCUT2D eigenvalue weighted by Crippen LogP contribution is 2.38. The van der Waals surface area contributed by atoms with Gasteiger partial charge in [0.25, 0.3) is 0 Å². The molecule has 1 aliphatic heterocycles. The van der Waals surface area contributed by atoms with Gasteiger partial charge in [0.1, 0.15) is 9.92 Å². The summed E-state index contributed by atoms with van der Waals surface area (Å²) in [5.74, 6) is 0.399. The highest BCUT2D eigenvalue weighted by atomic mass is 32.3. The van der Waals surface area contributed by atoms with E-state index in [4.69, 9.17) is 5.14 Å². The maximum absolute atomic E-state index is 12.9. The van der Waals surface area contributed by atoms with E-state index in [0.717, 1.165) is 11.1 Å². The highest BCUT2D eigenvalue weighted by Gasteiger charge is 2.32. The molecule has 2 rings (SSSR count). The second kappa shape index (κ2) is 9.10. The van der Waals surface area contributed by atoms with Gasteiger partial charge in [-0.3, -0.25) is 0 Å². The van der Waals surface area contributed by atoms with Gasteiger partial charge < -0.3 is 10.4 Å². The van der Waals surface area contributed by atoms with Crippen LogP contribution in [0.4, 0.5) is 10.5 Å². The topological polar surface area (TPSA) is 129 Å². The summed E-state index contributed by atoms with van der Waals surface area (Å²) in [6, 6.07) is 4.85. The number of benzene rings is 1. The zero-order valence-corrected chi connectivity index (χ0v) is 19.9. The van der Waals surface area contributed by atoms with Crippen LogP contribution in [0.5, 0.6) is 0 Å². The summed E-state index contributed by atoms with van der Waals surface area (Å²) in [6.45, 7) is 11.2. The normalized spacial score (nSPS) is 18.7. The average Bonchev–Trinajstić information content (AvgIpc) is 3.12. The third-order valence-electron chi connectivity index (χ3n) is 4.96. The van der Waals surface area contributed by atoms with Gasteiger partial charge in [-0.15, -0.1) is 16.1 Å². The predicted molar refractivity (Wildman–Crippen MR) is 123 cm³/mol. The number of nitriles is 1. The van der Waals surface area contributed by atoms with Gasteiger partial charge in [0, 0.05) is 17.4 Å². The van der Waals surface area contributed by atoms with E-state index in [0.29, 0.717) is 21.2 Å². The number of rotatable bonds is 5.